The van der Waals surface area contributed by atoms with Gasteiger partial charge in [-0.3, -0.25) is 14.2 Å². The number of nitrogens with one attached hydrogen (secondary N) is 1. The Hall–Kier alpha value is -2.31. The second-order valence-electron chi connectivity index (χ2n) is 6.19. The highest BCUT2D eigenvalue weighted by Crippen LogP contribution is 2.27. The average molecular weight is 402 g/mol. The number of benzene rings is 2. The van der Waals surface area contributed by atoms with E-state index in [-0.39, 0.29) is 16.7 Å². The fourth-order valence-corrected chi connectivity index (χ4v) is 3.86. The van der Waals surface area contributed by atoms with Crippen LogP contribution in [-0.2, 0) is 11.8 Å². The van der Waals surface area contributed by atoms with Crippen LogP contribution in [0.2, 0.25) is 5.02 Å². The topological polar surface area (TPSA) is 64.0 Å². The Labute approximate surface area is 166 Å². The zero-order chi connectivity index (χ0) is 19.6. The number of carbonyl (C=O) groups excluding carboxylic acids is 1. The van der Waals surface area contributed by atoms with Gasteiger partial charge in [-0.2, -0.15) is 0 Å². The third-order valence-corrected chi connectivity index (χ3v) is 6.20. The largest absolute Gasteiger partial charge is 0.325 e. The van der Waals surface area contributed by atoms with Gasteiger partial charge in [0.15, 0.2) is 5.16 Å². The Kier molecular flexibility index (Phi) is 5.87. The van der Waals surface area contributed by atoms with Crippen LogP contribution < -0.4 is 10.9 Å². The lowest BCUT2D eigenvalue weighted by Crippen LogP contribution is -2.27. The van der Waals surface area contributed by atoms with Gasteiger partial charge >= 0.3 is 0 Å². The second kappa shape index (κ2) is 8.15. The summed E-state index contributed by atoms with van der Waals surface area (Å²) in [4.78, 5) is 29.9. The maximum atomic E-state index is 12.8. The molecule has 2 aromatic carbocycles. The molecule has 1 aromatic heterocycles. The van der Waals surface area contributed by atoms with Gasteiger partial charge in [-0.25, -0.2) is 4.98 Å². The van der Waals surface area contributed by atoms with Crippen LogP contribution >= 0.6 is 23.4 Å². The van der Waals surface area contributed by atoms with E-state index in [9.17, 15) is 9.59 Å². The minimum Gasteiger partial charge on any atom is -0.325 e. The number of fused-ring (bicyclic) bond motifs is 1. The fraction of sp³-hybridized carbons (Fsp3) is 0.250. The Morgan fingerprint density at radius 3 is 2.74 bits per heavy atom. The third-order valence-electron chi connectivity index (χ3n) is 4.38. The van der Waals surface area contributed by atoms with Crippen molar-refractivity contribution in [3.8, 4) is 0 Å². The van der Waals surface area contributed by atoms with E-state index < -0.39 is 0 Å². The first-order chi connectivity index (χ1) is 12.9. The number of amides is 1. The minimum atomic E-state index is -0.386. The normalized spacial score (nSPS) is 12.1. The van der Waals surface area contributed by atoms with Crippen molar-refractivity contribution < 1.29 is 4.79 Å². The summed E-state index contributed by atoms with van der Waals surface area (Å²) >= 11 is 7.42. The summed E-state index contributed by atoms with van der Waals surface area (Å²) in [5, 5.41) is 4.23. The molecule has 0 spiro atoms. The van der Waals surface area contributed by atoms with E-state index in [0.29, 0.717) is 33.2 Å². The molecular formula is C20H20ClN3O2S. The molecule has 3 rings (SSSR count). The Bertz CT molecular complexity index is 1060. The quantitative estimate of drug-likeness (QED) is 0.508. The summed E-state index contributed by atoms with van der Waals surface area (Å²) in [6, 6.07) is 12.6. The number of halogens is 1. The number of nitrogens with zero attached hydrogens (tertiary/aromatic N) is 2. The molecule has 0 saturated carbocycles. The van der Waals surface area contributed by atoms with Crippen molar-refractivity contribution >= 4 is 45.9 Å². The standard InChI is InChI=1S/C20H20ClN3O2S/c1-4-17(18(25)22-15-11-7-9-14(21)12(15)2)27-20-23-16-10-6-5-8-13(16)19(26)24(20)3/h5-11,17H,4H2,1-3H3,(H,22,25). The van der Waals surface area contributed by atoms with Gasteiger partial charge in [-0.05, 0) is 43.2 Å². The molecule has 0 fully saturated rings. The molecule has 1 unspecified atom stereocenters. The molecule has 1 amide bonds. The molecule has 0 saturated heterocycles. The van der Waals surface area contributed by atoms with E-state index in [1.165, 1.54) is 16.3 Å². The van der Waals surface area contributed by atoms with E-state index in [2.05, 4.69) is 10.3 Å². The van der Waals surface area contributed by atoms with Crippen molar-refractivity contribution in [1.82, 2.24) is 9.55 Å². The predicted molar refractivity (Wildman–Crippen MR) is 112 cm³/mol. The second-order valence-corrected chi connectivity index (χ2v) is 7.77. The number of aromatic nitrogens is 2. The van der Waals surface area contributed by atoms with E-state index in [1.807, 2.05) is 32.0 Å². The lowest BCUT2D eigenvalue weighted by atomic mass is 10.2. The summed E-state index contributed by atoms with van der Waals surface area (Å²) in [6.07, 6.45) is 0.596. The van der Waals surface area contributed by atoms with Crippen molar-refractivity contribution in [2.24, 2.45) is 7.05 Å². The molecular weight excluding hydrogens is 382 g/mol. The van der Waals surface area contributed by atoms with Crippen molar-refractivity contribution in [3.05, 3.63) is 63.4 Å². The maximum absolute atomic E-state index is 12.8. The van der Waals surface area contributed by atoms with Gasteiger partial charge in [-0.1, -0.05) is 48.5 Å². The number of hydrogen-bond acceptors (Lipinski definition) is 4. The van der Waals surface area contributed by atoms with Gasteiger partial charge in [0.1, 0.15) is 0 Å². The average Bonchev–Trinajstić information content (AvgIpc) is 2.67. The number of carbonyl (C=O) groups is 1. The molecule has 0 radical (unpaired) electrons. The molecule has 0 aliphatic rings. The molecule has 1 atom stereocenters. The zero-order valence-electron chi connectivity index (χ0n) is 15.3. The van der Waals surface area contributed by atoms with Crippen molar-refractivity contribution in [1.29, 1.82) is 0 Å². The Balaban J connectivity index is 1.88. The first-order valence-electron chi connectivity index (χ1n) is 8.60. The number of para-hydroxylation sites is 1. The fourth-order valence-electron chi connectivity index (χ4n) is 2.71. The summed E-state index contributed by atoms with van der Waals surface area (Å²) in [5.74, 6) is -0.143. The molecule has 0 bridgehead atoms. The van der Waals surface area contributed by atoms with Crippen molar-refractivity contribution in [2.75, 3.05) is 5.32 Å². The van der Waals surface area contributed by atoms with Crippen LogP contribution in [0.5, 0.6) is 0 Å². The highest BCUT2D eigenvalue weighted by molar-refractivity contribution is 8.00. The highest BCUT2D eigenvalue weighted by Gasteiger charge is 2.22. The van der Waals surface area contributed by atoms with Gasteiger partial charge in [-0.15, -0.1) is 0 Å². The zero-order valence-corrected chi connectivity index (χ0v) is 16.9. The van der Waals surface area contributed by atoms with Gasteiger partial charge in [0.2, 0.25) is 5.91 Å². The lowest BCUT2D eigenvalue weighted by molar-refractivity contribution is -0.115. The molecule has 1 N–H and O–H groups in total. The summed E-state index contributed by atoms with van der Waals surface area (Å²) in [7, 11) is 1.68. The smallest absolute Gasteiger partial charge is 0.261 e. The van der Waals surface area contributed by atoms with Crippen LogP contribution in [0.3, 0.4) is 0 Å². The van der Waals surface area contributed by atoms with Crippen LogP contribution in [0.15, 0.2) is 52.4 Å². The Morgan fingerprint density at radius 2 is 2.00 bits per heavy atom. The van der Waals surface area contributed by atoms with E-state index in [4.69, 9.17) is 11.6 Å². The van der Waals surface area contributed by atoms with Gasteiger partial charge in [0.05, 0.1) is 16.2 Å². The molecule has 5 nitrogen and oxygen atoms in total. The van der Waals surface area contributed by atoms with Crippen LogP contribution in [0.4, 0.5) is 5.69 Å². The number of thioether (sulfide) groups is 1. The number of anilines is 1. The number of rotatable bonds is 5. The lowest BCUT2D eigenvalue weighted by Gasteiger charge is -2.17. The molecule has 27 heavy (non-hydrogen) atoms. The molecule has 0 aliphatic carbocycles. The van der Waals surface area contributed by atoms with Crippen molar-refractivity contribution in [2.45, 2.75) is 30.7 Å². The van der Waals surface area contributed by atoms with Crippen LogP contribution in [0.25, 0.3) is 10.9 Å². The summed E-state index contributed by atoms with van der Waals surface area (Å²) in [6.45, 7) is 3.79. The monoisotopic (exact) mass is 401 g/mol. The highest BCUT2D eigenvalue weighted by atomic mass is 35.5. The minimum absolute atomic E-state index is 0.121. The van der Waals surface area contributed by atoms with E-state index in [1.54, 1.807) is 31.3 Å². The van der Waals surface area contributed by atoms with Crippen LogP contribution in [0, 0.1) is 6.92 Å². The number of hydrogen-bond donors (Lipinski definition) is 1. The Morgan fingerprint density at radius 1 is 1.26 bits per heavy atom. The molecule has 140 valence electrons. The third kappa shape index (κ3) is 4.01. The van der Waals surface area contributed by atoms with E-state index in [0.717, 1.165) is 5.56 Å². The van der Waals surface area contributed by atoms with Gasteiger partial charge in [0, 0.05) is 17.8 Å². The summed E-state index contributed by atoms with van der Waals surface area (Å²) in [5.41, 5.74) is 2.02. The van der Waals surface area contributed by atoms with Crippen molar-refractivity contribution in [3.63, 3.8) is 0 Å². The van der Waals surface area contributed by atoms with Crippen LogP contribution in [-0.4, -0.2) is 20.7 Å². The van der Waals surface area contributed by atoms with Crippen LogP contribution in [0.1, 0.15) is 18.9 Å². The maximum Gasteiger partial charge on any atom is 0.261 e. The molecule has 1 heterocycles. The SMILES string of the molecule is CCC(Sc1nc2ccccc2c(=O)n1C)C(=O)Nc1cccc(Cl)c1C. The van der Waals surface area contributed by atoms with Gasteiger partial charge in [0.25, 0.3) is 5.56 Å². The molecule has 3 aromatic rings. The van der Waals surface area contributed by atoms with Gasteiger partial charge < -0.3 is 5.32 Å². The summed E-state index contributed by atoms with van der Waals surface area (Å²) < 4.78 is 1.49. The van der Waals surface area contributed by atoms with E-state index >= 15 is 0 Å². The first kappa shape index (κ1) is 19.5. The molecule has 0 aliphatic heterocycles. The predicted octanol–water partition coefficient (Wildman–Crippen LogP) is 4.40. The molecule has 7 heteroatoms. The first-order valence-corrected chi connectivity index (χ1v) is 9.86.